The van der Waals surface area contributed by atoms with E-state index in [1.165, 1.54) is 24.3 Å². The zero-order valence-corrected chi connectivity index (χ0v) is 14.2. The molecule has 7 nitrogen and oxygen atoms in total. The summed E-state index contributed by atoms with van der Waals surface area (Å²) in [5, 5.41) is 15.4. The first-order valence-electron chi connectivity index (χ1n) is 7.96. The molecule has 0 heterocycles. The van der Waals surface area contributed by atoms with E-state index in [-0.39, 0.29) is 11.4 Å². The van der Waals surface area contributed by atoms with Crippen LogP contribution in [0.3, 0.4) is 0 Å². The standard InChI is InChI=1S/C19H13F2N3O4/c20-12-1-10-18(17(21)11-12)23-19(25)22-13-2-6-15(7-3-13)28-16-8-4-14(5-9-16)24(26)27/h1-11H,(H2,22,23,25). The zero-order valence-electron chi connectivity index (χ0n) is 14.2. The molecule has 142 valence electrons. The summed E-state index contributed by atoms with van der Waals surface area (Å²) in [6.45, 7) is 0. The topological polar surface area (TPSA) is 93.5 Å². The lowest BCUT2D eigenvalue weighted by molar-refractivity contribution is -0.384. The Kier molecular flexibility index (Phi) is 5.45. The molecule has 0 spiro atoms. The smallest absolute Gasteiger partial charge is 0.323 e. The minimum Gasteiger partial charge on any atom is -0.457 e. The molecule has 3 aromatic rings. The van der Waals surface area contributed by atoms with Crippen LogP contribution in [0.5, 0.6) is 11.5 Å². The fraction of sp³-hybridized carbons (Fsp3) is 0. The number of rotatable bonds is 5. The number of carbonyl (C=O) groups is 1. The first-order valence-corrected chi connectivity index (χ1v) is 7.96. The quantitative estimate of drug-likeness (QED) is 0.460. The second kappa shape index (κ2) is 8.12. The number of nitro benzene ring substituents is 1. The van der Waals surface area contributed by atoms with Gasteiger partial charge in [0.05, 0.1) is 10.6 Å². The molecule has 28 heavy (non-hydrogen) atoms. The predicted molar refractivity (Wildman–Crippen MR) is 98.6 cm³/mol. The van der Waals surface area contributed by atoms with Gasteiger partial charge in [-0.25, -0.2) is 13.6 Å². The Balaban J connectivity index is 1.59. The molecule has 0 aliphatic rings. The summed E-state index contributed by atoms with van der Waals surface area (Å²) in [5.74, 6) is -0.769. The summed E-state index contributed by atoms with van der Waals surface area (Å²) >= 11 is 0. The van der Waals surface area contributed by atoms with Crippen LogP contribution >= 0.6 is 0 Å². The molecule has 0 aliphatic carbocycles. The summed E-state index contributed by atoms with van der Waals surface area (Å²) in [6.07, 6.45) is 0. The second-order valence-electron chi connectivity index (χ2n) is 5.58. The number of anilines is 2. The SMILES string of the molecule is O=C(Nc1ccc(Oc2ccc([N+](=O)[O-])cc2)cc1)Nc1ccc(F)cc1F. The Morgan fingerprint density at radius 3 is 2.07 bits per heavy atom. The van der Waals surface area contributed by atoms with Crippen molar-refractivity contribution in [3.05, 3.63) is 88.5 Å². The molecular weight excluding hydrogens is 372 g/mol. The van der Waals surface area contributed by atoms with Gasteiger partial charge in [-0.1, -0.05) is 0 Å². The molecule has 0 saturated heterocycles. The van der Waals surface area contributed by atoms with Crippen molar-refractivity contribution in [2.45, 2.75) is 0 Å². The van der Waals surface area contributed by atoms with Crippen molar-refractivity contribution in [3.63, 3.8) is 0 Å². The van der Waals surface area contributed by atoms with E-state index in [1.807, 2.05) is 0 Å². The van der Waals surface area contributed by atoms with Gasteiger partial charge in [-0.2, -0.15) is 0 Å². The number of benzene rings is 3. The van der Waals surface area contributed by atoms with E-state index in [4.69, 9.17) is 4.74 Å². The Labute approximate surface area is 157 Å². The highest BCUT2D eigenvalue weighted by Gasteiger charge is 2.09. The Morgan fingerprint density at radius 2 is 1.50 bits per heavy atom. The molecule has 2 N–H and O–H groups in total. The number of nitrogens with zero attached hydrogens (tertiary/aromatic N) is 1. The van der Waals surface area contributed by atoms with Gasteiger partial charge in [0.25, 0.3) is 5.69 Å². The van der Waals surface area contributed by atoms with E-state index in [0.29, 0.717) is 23.3 Å². The number of halogens is 2. The fourth-order valence-corrected chi connectivity index (χ4v) is 2.25. The van der Waals surface area contributed by atoms with Crippen molar-refractivity contribution < 1.29 is 23.2 Å². The summed E-state index contributed by atoms with van der Waals surface area (Å²) in [7, 11) is 0. The third kappa shape index (κ3) is 4.79. The number of nitrogens with one attached hydrogen (secondary N) is 2. The van der Waals surface area contributed by atoms with Crippen LogP contribution in [0.4, 0.5) is 30.6 Å². The van der Waals surface area contributed by atoms with E-state index >= 15 is 0 Å². The van der Waals surface area contributed by atoms with Crippen LogP contribution in [0.1, 0.15) is 0 Å². The van der Waals surface area contributed by atoms with Crippen LogP contribution in [0.15, 0.2) is 66.7 Å². The lowest BCUT2D eigenvalue weighted by Crippen LogP contribution is -2.20. The lowest BCUT2D eigenvalue weighted by Gasteiger charge is -2.10. The number of amides is 2. The summed E-state index contributed by atoms with van der Waals surface area (Å²) in [6, 6.07) is 14.0. The summed E-state index contributed by atoms with van der Waals surface area (Å²) in [5.41, 5.74) is 0.212. The van der Waals surface area contributed by atoms with Gasteiger partial charge in [0.15, 0.2) is 0 Å². The number of hydrogen-bond donors (Lipinski definition) is 2. The number of urea groups is 1. The molecular formula is C19H13F2N3O4. The van der Waals surface area contributed by atoms with Gasteiger partial charge in [-0.3, -0.25) is 10.1 Å². The molecule has 0 saturated carbocycles. The molecule has 3 aromatic carbocycles. The van der Waals surface area contributed by atoms with Crippen molar-refractivity contribution >= 4 is 23.1 Å². The highest BCUT2D eigenvalue weighted by molar-refractivity contribution is 5.99. The van der Waals surface area contributed by atoms with Crippen molar-refractivity contribution in [1.82, 2.24) is 0 Å². The number of carbonyl (C=O) groups excluding carboxylic acids is 1. The van der Waals surface area contributed by atoms with Gasteiger partial charge in [0, 0.05) is 23.9 Å². The predicted octanol–water partition coefficient (Wildman–Crippen LogP) is 5.31. The molecule has 3 rings (SSSR count). The number of nitro groups is 1. The number of hydrogen-bond acceptors (Lipinski definition) is 4. The molecule has 0 aromatic heterocycles. The number of non-ortho nitro benzene ring substituents is 1. The minimum absolute atomic E-state index is 0.0458. The highest BCUT2D eigenvalue weighted by atomic mass is 19.1. The van der Waals surface area contributed by atoms with Gasteiger partial charge in [0.2, 0.25) is 0 Å². The van der Waals surface area contributed by atoms with Gasteiger partial charge in [-0.05, 0) is 48.5 Å². The molecule has 0 atom stereocenters. The maximum atomic E-state index is 13.5. The van der Waals surface area contributed by atoms with Crippen molar-refractivity contribution in [2.24, 2.45) is 0 Å². The van der Waals surface area contributed by atoms with Crippen LogP contribution in [0.2, 0.25) is 0 Å². The highest BCUT2D eigenvalue weighted by Crippen LogP contribution is 2.25. The Bertz CT molecular complexity index is 1010. The van der Waals surface area contributed by atoms with E-state index in [0.717, 1.165) is 12.1 Å². The van der Waals surface area contributed by atoms with Gasteiger partial charge >= 0.3 is 6.03 Å². The van der Waals surface area contributed by atoms with Crippen LogP contribution in [-0.4, -0.2) is 11.0 Å². The molecule has 0 radical (unpaired) electrons. The molecule has 0 bridgehead atoms. The van der Waals surface area contributed by atoms with Crippen LogP contribution in [-0.2, 0) is 0 Å². The number of ether oxygens (including phenoxy) is 1. The minimum atomic E-state index is -0.887. The first-order chi connectivity index (χ1) is 13.4. The van der Waals surface area contributed by atoms with Crippen molar-refractivity contribution in [1.29, 1.82) is 0 Å². The lowest BCUT2D eigenvalue weighted by atomic mass is 10.3. The molecule has 0 aliphatic heterocycles. The zero-order chi connectivity index (χ0) is 20.1. The van der Waals surface area contributed by atoms with Crippen molar-refractivity contribution in [3.8, 4) is 11.5 Å². The average molecular weight is 385 g/mol. The third-order valence-corrected chi connectivity index (χ3v) is 3.57. The van der Waals surface area contributed by atoms with Crippen LogP contribution in [0, 0.1) is 21.7 Å². The van der Waals surface area contributed by atoms with Crippen LogP contribution < -0.4 is 15.4 Å². The molecule has 9 heteroatoms. The normalized spacial score (nSPS) is 10.2. The third-order valence-electron chi connectivity index (χ3n) is 3.57. The summed E-state index contributed by atoms with van der Waals surface area (Å²) < 4.78 is 32.0. The van der Waals surface area contributed by atoms with Crippen LogP contribution in [0.25, 0.3) is 0 Å². The first kappa shape index (κ1) is 18.8. The maximum absolute atomic E-state index is 13.5. The van der Waals surface area contributed by atoms with Crippen molar-refractivity contribution in [2.75, 3.05) is 10.6 Å². The van der Waals surface area contributed by atoms with Gasteiger partial charge < -0.3 is 15.4 Å². The van der Waals surface area contributed by atoms with E-state index < -0.39 is 22.6 Å². The van der Waals surface area contributed by atoms with E-state index in [1.54, 1.807) is 24.3 Å². The average Bonchev–Trinajstić information content (AvgIpc) is 2.66. The molecule has 0 unspecified atom stereocenters. The Morgan fingerprint density at radius 1 is 0.893 bits per heavy atom. The van der Waals surface area contributed by atoms with Gasteiger partial charge in [-0.15, -0.1) is 0 Å². The van der Waals surface area contributed by atoms with E-state index in [9.17, 15) is 23.7 Å². The second-order valence-corrected chi connectivity index (χ2v) is 5.58. The van der Waals surface area contributed by atoms with E-state index in [2.05, 4.69) is 10.6 Å². The Hall–Kier alpha value is -4.01. The maximum Gasteiger partial charge on any atom is 0.323 e. The summed E-state index contributed by atoms with van der Waals surface area (Å²) in [4.78, 5) is 22.0. The monoisotopic (exact) mass is 385 g/mol. The molecule has 0 fully saturated rings. The fourth-order valence-electron chi connectivity index (χ4n) is 2.25. The van der Waals surface area contributed by atoms with Gasteiger partial charge in [0.1, 0.15) is 23.1 Å². The molecule has 2 amide bonds. The largest absolute Gasteiger partial charge is 0.457 e.